The first-order valence-electron chi connectivity index (χ1n) is 11.2. The summed E-state index contributed by atoms with van der Waals surface area (Å²) >= 11 is 1.36. The Kier molecular flexibility index (Phi) is 6.07. The van der Waals surface area contributed by atoms with Gasteiger partial charge in [-0.3, -0.25) is 9.69 Å². The number of anilines is 2. The highest BCUT2D eigenvalue weighted by Crippen LogP contribution is 2.55. The highest BCUT2D eigenvalue weighted by atomic mass is 32.2. The molecule has 0 aliphatic carbocycles. The molecule has 5 rings (SSSR count). The molecule has 3 amide bonds. The zero-order valence-corrected chi connectivity index (χ0v) is 20.0. The summed E-state index contributed by atoms with van der Waals surface area (Å²) in [4.78, 5) is 29.2. The Hall–Kier alpha value is -3.66. The molecule has 0 radical (unpaired) electrons. The van der Waals surface area contributed by atoms with Crippen LogP contribution in [0.3, 0.4) is 0 Å². The van der Waals surface area contributed by atoms with Gasteiger partial charge in [-0.2, -0.15) is 13.2 Å². The van der Waals surface area contributed by atoms with E-state index in [4.69, 9.17) is 4.74 Å². The fourth-order valence-corrected chi connectivity index (χ4v) is 6.02. The SMILES string of the molecule is COc1ccc2c(c1)C1(SCCN1C(=O)Nc1ccccc1)C(=O)N2Cc1ccc(C(F)(F)F)cc1. The van der Waals surface area contributed by atoms with Crippen LogP contribution in [0.2, 0.25) is 0 Å². The van der Waals surface area contributed by atoms with E-state index in [1.807, 2.05) is 6.07 Å². The van der Waals surface area contributed by atoms with Gasteiger partial charge in [0.25, 0.3) is 5.91 Å². The van der Waals surface area contributed by atoms with Gasteiger partial charge in [0, 0.05) is 23.5 Å². The molecular formula is C26H22F3N3O3S. The van der Waals surface area contributed by atoms with E-state index in [0.29, 0.717) is 40.5 Å². The molecule has 1 atom stereocenters. The number of fused-ring (bicyclic) bond motifs is 2. The number of rotatable bonds is 4. The van der Waals surface area contributed by atoms with Crippen LogP contribution in [-0.4, -0.2) is 36.2 Å². The molecule has 1 unspecified atom stereocenters. The van der Waals surface area contributed by atoms with Gasteiger partial charge in [-0.25, -0.2) is 4.79 Å². The first kappa shape index (κ1) is 24.1. The molecule has 2 aliphatic heterocycles. The largest absolute Gasteiger partial charge is 0.497 e. The molecule has 36 heavy (non-hydrogen) atoms. The smallest absolute Gasteiger partial charge is 0.416 e. The molecule has 2 aliphatic rings. The number of carbonyl (C=O) groups is 2. The van der Waals surface area contributed by atoms with Gasteiger partial charge in [-0.15, -0.1) is 11.8 Å². The van der Waals surface area contributed by atoms with Gasteiger partial charge in [0.15, 0.2) is 4.87 Å². The standard InChI is InChI=1S/C26H22F3N3O3S/c1-35-20-11-12-22-21(15-20)25(32(13-14-36-25)24(34)30-19-5-3-2-4-6-19)23(33)31(22)16-17-7-9-18(10-8-17)26(27,28)29/h2-12,15H,13-14,16H2,1H3,(H,30,34). The second-order valence-corrected chi connectivity index (χ2v) is 9.70. The summed E-state index contributed by atoms with van der Waals surface area (Å²) in [5.74, 6) is 0.753. The number of benzene rings is 3. The van der Waals surface area contributed by atoms with E-state index in [-0.39, 0.29) is 12.5 Å². The lowest BCUT2D eigenvalue weighted by Crippen LogP contribution is -2.51. The van der Waals surface area contributed by atoms with Crippen molar-refractivity contribution in [3.8, 4) is 5.75 Å². The Bertz CT molecular complexity index is 1300. The first-order valence-corrected chi connectivity index (χ1v) is 12.2. The number of thioether (sulfide) groups is 1. The molecule has 186 valence electrons. The van der Waals surface area contributed by atoms with Gasteiger partial charge in [0.05, 0.1) is 24.9 Å². The van der Waals surface area contributed by atoms with E-state index < -0.39 is 22.6 Å². The molecule has 10 heteroatoms. The van der Waals surface area contributed by atoms with Gasteiger partial charge in [-0.1, -0.05) is 30.3 Å². The number of hydrogen-bond donors (Lipinski definition) is 1. The van der Waals surface area contributed by atoms with Crippen molar-refractivity contribution in [2.45, 2.75) is 17.6 Å². The van der Waals surface area contributed by atoms with Crippen LogP contribution in [0.1, 0.15) is 16.7 Å². The molecule has 3 aromatic carbocycles. The van der Waals surface area contributed by atoms with Crippen molar-refractivity contribution in [2.75, 3.05) is 29.6 Å². The maximum Gasteiger partial charge on any atom is 0.416 e. The molecule has 6 nitrogen and oxygen atoms in total. The lowest BCUT2D eigenvalue weighted by atomic mass is 10.1. The van der Waals surface area contributed by atoms with Gasteiger partial charge in [0.2, 0.25) is 0 Å². The van der Waals surface area contributed by atoms with Gasteiger partial charge in [-0.05, 0) is 48.0 Å². The Morgan fingerprint density at radius 3 is 2.47 bits per heavy atom. The quantitative estimate of drug-likeness (QED) is 0.487. The third kappa shape index (κ3) is 4.05. The monoisotopic (exact) mass is 513 g/mol. The minimum absolute atomic E-state index is 0.0623. The molecule has 0 saturated carbocycles. The van der Waals surface area contributed by atoms with E-state index in [9.17, 15) is 22.8 Å². The number of para-hydroxylation sites is 1. The summed E-state index contributed by atoms with van der Waals surface area (Å²) in [5, 5.41) is 2.86. The maximum absolute atomic E-state index is 14.0. The van der Waals surface area contributed by atoms with Crippen molar-refractivity contribution in [3.63, 3.8) is 0 Å². The van der Waals surface area contributed by atoms with E-state index in [1.165, 1.54) is 40.8 Å². The number of urea groups is 1. The van der Waals surface area contributed by atoms with Crippen molar-refractivity contribution in [1.82, 2.24) is 4.90 Å². The predicted octanol–water partition coefficient (Wildman–Crippen LogP) is 5.69. The van der Waals surface area contributed by atoms with Crippen LogP contribution in [0.15, 0.2) is 72.8 Å². The van der Waals surface area contributed by atoms with Crippen LogP contribution in [0.25, 0.3) is 0 Å². The second-order valence-electron chi connectivity index (χ2n) is 8.41. The number of nitrogens with one attached hydrogen (secondary N) is 1. The zero-order chi connectivity index (χ0) is 25.5. The summed E-state index contributed by atoms with van der Waals surface area (Å²) in [5.41, 5.74) is 1.60. The van der Waals surface area contributed by atoms with E-state index in [0.717, 1.165) is 12.1 Å². The number of methoxy groups -OCH3 is 1. The summed E-state index contributed by atoms with van der Waals surface area (Å²) in [6.45, 7) is 0.409. The minimum Gasteiger partial charge on any atom is -0.497 e. The van der Waals surface area contributed by atoms with Crippen LogP contribution in [0.4, 0.5) is 29.3 Å². The Balaban J connectivity index is 1.51. The molecule has 2 heterocycles. The molecule has 0 aromatic heterocycles. The van der Waals surface area contributed by atoms with Gasteiger partial charge >= 0.3 is 12.2 Å². The van der Waals surface area contributed by atoms with E-state index >= 15 is 0 Å². The lowest BCUT2D eigenvalue weighted by molar-refractivity contribution is -0.137. The molecular weight excluding hydrogens is 491 g/mol. The number of halogens is 3. The second kappa shape index (κ2) is 9.09. The van der Waals surface area contributed by atoms with Crippen molar-refractivity contribution < 1.29 is 27.5 Å². The average molecular weight is 514 g/mol. The highest BCUT2D eigenvalue weighted by Gasteiger charge is 2.59. The molecule has 1 N–H and O–H groups in total. The Morgan fingerprint density at radius 2 is 1.81 bits per heavy atom. The topological polar surface area (TPSA) is 61.9 Å². The number of ether oxygens (including phenoxy) is 1. The molecule has 1 fully saturated rings. The fourth-order valence-electron chi connectivity index (χ4n) is 4.57. The molecule has 1 saturated heterocycles. The van der Waals surface area contributed by atoms with Crippen molar-refractivity contribution in [2.24, 2.45) is 0 Å². The number of alkyl halides is 3. The number of hydrogen-bond acceptors (Lipinski definition) is 4. The third-order valence-electron chi connectivity index (χ3n) is 6.29. The number of nitrogens with zero attached hydrogens (tertiary/aromatic N) is 2. The lowest BCUT2D eigenvalue weighted by Gasteiger charge is -2.33. The Labute approximate surface area is 210 Å². The normalized spacial score (nSPS) is 19.1. The summed E-state index contributed by atoms with van der Waals surface area (Å²) in [7, 11) is 1.52. The van der Waals surface area contributed by atoms with Gasteiger partial charge in [0.1, 0.15) is 5.75 Å². The molecule has 3 aromatic rings. The zero-order valence-electron chi connectivity index (χ0n) is 19.2. The first-order chi connectivity index (χ1) is 17.2. The third-order valence-corrected chi connectivity index (χ3v) is 7.71. The number of amides is 3. The van der Waals surface area contributed by atoms with Crippen LogP contribution >= 0.6 is 11.8 Å². The molecule has 0 bridgehead atoms. The van der Waals surface area contributed by atoms with Crippen molar-refractivity contribution in [1.29, 1.82) is 0 Å². The fraction of sp³-hybridized carbons (Fsp3) is 0.231. The summed E-state index contributed by atoms with van der Waals surface area (Å²) in [6.07, 6.45) is -4.44. The average Bonchev–Trinajstić information content (AvgIpc) is 3.41. The van der Waals surface area contributed by atoms with Crippen LogP contribution in [-0.2, 0) is 22.4 Å². The van der Waals surface area contributed by atoms with Crippen LogP contribution in [0, 0.1) is 0 Å². The van der Waals surface area contributed by atoms with Crippen molar-refractivity contribution >= 4 is 35.1 Å². The highest BCUT2D eigenvalue weighted by molar-refractivity contribution is 8.01. The van der Waals surface area contributed by atoms with Crippen LogP contribution < -0.4 is 15.0 Å². The van der Waals surface area contributed by atoms with Crippen LogP contribution in [0.5, 0.6) is 5.75 Å². The molecule has 1 spiro atoms. The van der Waals surface area contributed by atoms with Gasteiger partial charge < -0.3 is 15.0 Å². The minimum atomic E-state index is -4.44. The summed E-state index contributed by atoms with van der Waals surface area (Å²) in [6, 6.07) is 18.5. The van der Waals surface area contributed by atoms with Crippen molar-refractivity contribution in [3.05, 3.63) is 89.5 Å². The van der Waals surface area contributed by atoms with E-state index in [2.05, 4.69) is 5.32 Å². The predicted molar refractivity (Wildman–Crippen MR) is 132 cm³/mol. The van der Waals surface area contributed by atoms with E-state index in [1.54, 1.807) is 42.5 Å². The summed E-state index contributed by atoms with van der Waals surface area (Å²) < 4.78 is 44.4. The maximum atomic E-state index is 14.0. The Morgan fingerprint density at radius 1 is 1.08 bits per heavy atom. The number of carbonyl (C=O) groups excluding carboxylic acids is 2.